The average Bonchev–Trinajstić information content (AvgIpc) is 2.83. The largest absolute Gasteiger partial charge is 0.443 e. The van der Waals surface area contributed by atoms with Crippen molar-refractivity contribution in [2.24, 2.45) is 0 Å². The van der Waals surface area contributed by atoms with Gasteiger partial charge in [0.15, 0.2) is 5.16 Å². The maximum Gasteiger partial charge on any atom is 0.414 e. The molecule has 10 heteroatoms. The Bertz CT molecular complexity index is 1330. The summed E-state index contributed by atoms with van der Waals surface area (Å²) in [4.78, 5) is 39.6. The molecule has 0 aliphatic carbocycles. The second-order valence-electron chi connectivity index (χ2n) is 9.78. The standard InChI is InChI=1S/C26H33N5O4S/c1-17-9-8-10-19-21(17)30(25(34)35-26(2,3)4)13-12-29(19)20-15-18-16-27-24(36-5)28-22(18)31(23(20)33)11-6-7-14-32/h8-10,15-16,32H,6-7,11-14H2,1-5H3. The number of hydrogen-bond acceptors (Lipinski definition) is 8. The molecular formula is C26H33N5O4S. The molecule has 9 nitrogen and oxygen atoms in total. The third kappa shape index (κ3) is 5.19. The molecule has 3 heterocycles. The molecule has 1 aliphatic rings. The first-order valence-electron chi connectivity index (χ1n) is 12.1. The van der Waals surface area contributed by atoms with E-state index in [1.54, 1.807) is 15.7 Å². The number of anilines is 3. The summed E-state index contributed by atoms with van der Waals surface area (Å²) >= 11 is 1.42. The molecule has 3 aromatic rings. The third-order valence-electron chi connectivity index (χ3n) is 5.99. The minimum Gasteiger partial charge on any atom is -0.443 e. The van der Waals surface area contributed by atoms with E-state index in [2.05, 4.69) is 9.97 Å². The van der Waals surface area contributed by atoms with Crippen LogP contribution in [-0.4, -0.2) is 57.3 Å². The Labute approximate surface area is 215 Å². The van der Waals surface area contributed by atoms with Gasteiger partial charge in [-0.05, 0) is 64.5 Å². The van der Waals surface area contributed by atoms with Crippen LogP contribution in [0, 0.1) is 6.92 Å². The van der Waals surface area contributed by atoms with Crippen LogP contribution in [-0.2, 0) is 11.3 Å². The number of ether oxygens (including phenoxy) is 1. The highest BCUT2D eigenvalue weighted by Crippen LogP contribution is 2.40. The second kappa shape index (κ2) is 10.5. The number of fused-ring (bicyclic) bond motifs is 2. The zero-order chi connectivity index (χ0) is 26.0. The predicted molar refractivity (Wildman–Crippen MR) is 144 cm³/mol. The van der Waals surface area contributed by atoms with Crippen molar-refractivity contribution >= 4 is 46.0 Å². The van der Waals surface area contributed by atoms with Crippen LogP contribution in [0.3, 0.4) is 0 Å². The van der Waals surface area contributed by atoms with Gasteiger partial charge in [0.2, 0.25) is 0 Å². The Morgan fingerprint density at radius 3 is 2.67 bits per heavy atom. The lowest BCUT2D eigenvalue weighted by atomic mass is 10.1. The van der Waals surface area contributed by atoms with Crippen molar-refractivity contribution < 1.29 is 14.6 Å². The number of aromatic nitrogens is 3. The van der Waals surface area contributed by atoms with E-state index in [0.29, 0.717) is 49.0 Å². The summed E-state index contributed by atoms with van der Waals surface area (Å²) < 4.78 is 7.35. The molecule has 0 spiro atoms. The molecule has 0 atom stereocenters. The normalized spacial score (nSPS) is 13.7. The van der Waals surface area contributed by atoms with E-state index in [0.717, 1.165) is 22.3 Å². The summed E-state index contributed by atoms with van der Waals surface area (Å²) in [5.41, 5.74) is 2.73. The van der Waals surface area contributed by atoms with E-state index in [1.807, 2.05) is 63.1 Å². The summed E-state index contributed by atoms with van der Waals surface area (Å²) in [6.07, 6.45) is 4.47. The lowest BCUT2D eigenvalue weighted by Crippen LogP contribution is -2.46. The number of carbonyl (C=O) groups excluding carboxylic acids is 1. The minimum atomic E-state index is -0.618. The van der Waals surface area contributed by atoms with E-state index in [1.165, 1.54) is 11.8 Å². The van der Waals surface area contributed by atoms with Crippen LogP contribution in [0.1, 0.15) is 39.2 Å². The lowest BCUT2D eigenvalue weighted by Gasteiger charge is -2.39. The van der Waals surface area contributed by atoms with Gasteiger partial charge in [0.25, 0.3) is 5.56 Å². The van der Waals surface area contributed by atoms with Crippen LogP contribution in [0.25, 0.3) is 11.0 Å². The number of hydrogen-bond donors (Lipinski definition) is 1. The van der Waals surface area contributed by atoms with Gasteiger partial charge in [0.1, 0.15) is 16.9 Å². The Balaban J connectivity index is 1.84. The minimum absolute atomic E-state index is 0.0662. The van der Waals surface area contributed by atoms with Crippen LogP contribution in [0.5, 0.6) is 0 Å². The first-order chi connectivity index (χ1) is 17.1. The summed E-state index contributed by atoms with van der Waals surface area (Å²) in [5.74, 6) is 0. The van der Waals surface area contributed by atoms with E-state index >= 15 is 0 Å². The maximum atomic E-state index is 13.9. The number of amides is 1. The van der Waals surface area contributed by atoms with Crippen LogP contribution in [0.2, 0.25) is 0 Å². The maximum absolute atomic E-state index is 13.9. The van der Waals surface area contributed by atoms with Crippen LogP contribution in [0.4, 0.5) is 21.9 Å². The Morgan fingerprint density at radius 2 is 1.97 bits per heavy atom. The highest BCUT2D eigenvalue weighted by Gasteiger charge is 2.33. The number of unbranched alkanes of at least 4 members (excludes halogenated alkanes) is 1. The van der Waals surface area contributed by atoms with E-state index in [9.17, 15) is 14.7 Å². The van der Waals surface area contributed by atoms with Gasteiger partial charge in [-0.25, -0.2) is 14.8 Å². The fraction of sp³-hybridized carbons (Fsp3) is 0.462. The number of aliphatic hydroxyl groups is 1. The highest BCUT2D eigenvalue weighted by molar-refractivity contribution is 7.98. The molecule has 1 N–H and O–H groups in total. The molecule has 0 fully saturated rings. The topological polar surface area (TPSA) is 101 Å². The van der Waals surface area contributed by atoms with E-state index in [-0.39, 0.29) is 12.2 Å². The molecule has 1 amide bonds. The summed E-state index contributed by atoms with van der Waals surface area (Å²) in [5, 5.41) is 10.6. The van der Waals surface area contributed by atoms with Crippen molar-refractivity contribution in [2.45, 2.75) is 57.8 Å². The number of para-hydroxylation sites is 1. The molecular weight excluding hydrogens is 478 g/mol. The van der Waals surface area contributed by atoms with Crippen molar-refractivity contribution in [3.63, 3.8) is 0 Å². The number of aryl methyl sites for hydroxylation is 2. The van der Waals surface area contributed by atoms with Crippen LogP contribution in [0.15, 0.2) is 40.4 Å². The van der Waals surface area contributed by atoms with E-state index < -0.39 is 11.7 Å². The first-order valence-corrected chi connectivity index (χ1v) is 13.3. The van der Waals surface area contributed by atoms with Gasteiger partial charge in [-0.15, -0.1) is 0 Å². The van der Waals surface area contributed by atoms with Gasteiger partial charge in [-0.2, -0.15) is 0 Å². The average molecular weight is 512 g/mol. The zero-order valence-electron chi connectivity index (χ0n) is 21.4. The number of rotatable bonds is 6. The summed E-state index contributed by atoms with van der Waals surface area (Å²) in [7, 11) is 0. The van der Waals surface area contributed by atoms with Gasteiger partial charge in [0.05, 0.1) is 11.4 Å². The second-order valence-corrected chi connectivity index (χ2v) is 10.6. The van der Waals surface area contributed by atoms with E-state index in [4.69, 9.17) is 4.74 Å². The molecule has 36 heavy (non-hydrogen) atoms. The fourth-order valence-corrected chi connectivity index (χ4v) is 4.74. The van der Waals surface area contributed by atoms with Crippen molar-refractivity contribution in [2.75, 3.05) is 35.8 Å². The monoisotopic (exact) mass is 511 g/mol. The van der Waals surface area contributed by atoms with Crippen LogP contribution >= 0.6 is 11.8 Å². The first kappa shape index (κ1) is 26.0. The third-order valence-corrected chi connectivity index (χ3v) is 6.55. The van der Waals surface area contributed by atoms with Crippen molar-refractivity contribution in [3.8, 4) is 0 Å². The van der Waals surface area contributed by atoms with Crippen molar-refractivity contribution in [3.05, 3.63) is 46.4 Å². The zero-order valence-corrected chi connectivity index (χ0v) is 22.3. The Kier molecular flexibility index (Phi) is 7.56. The van der Waals surface area contributed by atoms with Gasteiger partial charge >= 0.3 is 6.09 Å². The lowest BCUT2D eigenvalue weighted by molar-refractivity contribution is 0.0580. The van der Waals surface area contributed by atoms with Gasteiger partial charge in [-0.3, -0.25) is 14.3 Å². The number of pyridine rings is 1. The molecule has 0 unspecified atom stereocenters. The van der Waals surface area contributed by atoms with Crippen molar-refractivity contribution in [1.29, 1.82) is 0 Å². The summed E-state index contributed by atoms with van der Waals surface area (Å²) in [6.45, 7) is 8.79. The van der Waals surface area contributed by atoms with Gasteiger partial charge in [-0.1, -0.05) is 23.9 Å². The molecule has 1 aromatic carbocycles. The summed E-state index contributed by atoms with van der Waals surface area (Å²) in [6, 6.07) is 7.63. The number of aliphatic hydroxyl groups excluding tert-OH is 1. The number of benzene rings is 1. The molecule has 0 saturated carbocycles. The molecule has 0 radical (unpaired) electrons. The molecule has 1 aliphatic heterocycles. The van der Waals surface area contributed by atoms with Crippen molar-refractivity contribution in [1.82, 2.24) is 14.5 Å². The number of thioether (sulfide) groups is 1. The molecule has 192 valence electrons. The quantitative estimate of drug-likeness (QED) is 0.294. The van der Waals surface area contributed by atoms with Crippen LogP contribution < -0.4 is 15.4 Å². The molecule has 0 saturated heterocycles. The number of nitrogens with zero attached hydrogens (tertiary/aromatic N) is 5. The molecule has 4 rings (SSSR count). The Hall–Kier alpha value is -3.11. The predicted octanol–water partition coefficient (Wildman–Crippen LogP) is 4.49. The fourth-order valence-electron chi connectivity index (χ4n) is 4.40. The number of carbonyl (C=O) groups is 1. The van der Waals surface area contributed by atoms with Gasteiger partial charge in [0, 0.05) is 37.8 Å². The Morgan fingerprint density at radius 1 is 1.19 bits per heavy atom. The molecule has 2 aromatic heterocycles. The van der Waals surface area contributed by atoms with Gasteiger partial charge < -0.3 is 14.7 Å². The highest BCUT2D eigenvalue weighted by atomic mass is 32.2. The smallest absolute Gasteiger partial charge is 0.414 e. The SMILES string of the molecule is CSc1ncc2cc(N3CCN(C(=O)OC(C)(C)C)c4c(C)cccc43)c(=O)n(CCCCO)c2n1. The molecule has 0 bridgehead atoms.